The molecule has 12 heavy (non-hydrogen) atoms. The van der Waals surface area contributed by atoms with Gasteiger partial charge in [0, 0.05) is 13.0 Å². The molecule has 1 rings (SSSR count). The summed E-state index contributed by atoms with van der Waals surface area (Å²) in [5.74, 6) is -0.000833. The number of rotatable bonds is 1. The molecular formula is C9H19NO2. The quantitative estimate of drug-likeness (QED) is 0.623. The van der Waals surface area contributed by atoms with Crippen LogP contribution >= 0.6 is 0 Å². The van der Waals surface area contributed by atoms with Crippen LogP contribution in [0.3, 0.4) is 0 Å². The number of amides is 1. The molecule has 0 saturated heterocycles. The van der Waals surface area contributed by atoms with Crippen molar-refractivity contribution in [3.05, 3.63) is 0 Å². The van der Waals surface area contributed by atoms with Gasteiger partial charge in [-0.3, -0.25) is 4.79 Å². The Balaban J connectivity index is 0.000000561. The summed E-state index contributed by atoms with van der Waals surface area (Å²) in [5, 5.41) is 11.8. The van der Waals surface area contributed by atoms with E-state index in [-0.39, 0.29) is 18.1 Å². The summed E-state index contributed by atoms with van der Waals surface area (Å²) in [4.78, 5) is 10.5. The van der Waals surface area contributed by atoms with Crippen LogP contribution < -0.4 is 5.32 Å². The number of carbonyl (C=O) groups excluding carboxylic acids is 1. The number of carbonyl (C=O) groups is 1. The number of aliphatic hydroxyl groups excluding tert-OH is 1. The number of hydrogen-bond donors (Lipinski definition) is 2. The Kier molecular flexibility index (Phi) is 5.72. The van der Waals surface area contributed by atoms with Crippen molar-refractivity contribution >= 4 is 5.91 Å². The second kappa shape index (κ2) is 6.00. The maximum atomic E-state index is 10.5. The van der Waals surface area contributed by atoms with E-state index in [1.807, 2.05) is 13.8 Å². The third kappa shape index (κ3) is 4.34. The van der Waals surface area contributed by atoms with Gasteiger partial charge in [-0.2, -0.15) is 0 Å². The van der Waals surface area contributed by atoms with Crippen molar-refractivity contribution in [2.75, 3.05) is 0 Å². The van der Waals surface area contributed by atoms with Crippen molar-refractivity contribution in [2.45, 2.75) is 52.2 Å². The van der Waals surface area contributed by atoms with E-state index in [9.17, 15) is 4.79 Å². The van der Waals surface area contributed by atoms with Crippen LogP contribution in [0.1, 0.15) is 40.0 Å². The Morgan fingerprint density at radius 2 is 2.00 bits per heavy atom. The molecule has 1 fully saturated rings. The summed E-state index contributed by atoms with van der Waals surface area (Å²) < 4.78 is 0. The van der Waals surface area contributed by atoms with Crippen molar-refractivity contribution in [3.63, 3.8) is 0 Å². The minimum absolute atomic E-state index is 0.000833. The fraction of sp³-hybridized carbons (Fsp3) is 0.889. The number of hydrogen-bond acceptors (Lipinski definition) is 2. The van der Waals surface area contributed by atoms with E-state index in [4.69, 9.17) is 5.11 Å². The molecule has 0 aliphatic heterocycles. The largest absolute Gasteiger partial charge is 0.393 e. The molecule has 0 bridgehead atoms. The van der Waals surface area contributed by atoms with E-state index in [0.29, 0.717) is 0 Å². The summed E-state index contributed by atoms with van der Waals surface area (Å²) >= 11 is 0. The Hall–Kier alpha value is -0.570. The lowest BCUT2D eigenvalue weighted by molar-refractivity contribution is -0.119. The first-order chi connectivity index (χ1) is 5.68. The van der Waals surface area contributed by atoms with Crippen LogP contribution in [0.5, 0.6) is 0 Å². The van der Waals surface area contributed by atoms with Gasteiger partial charge >= 0.3 is 0 Å². The molecule has 1 amide bonds. The van der Waals surface area contributed by atoms with E-state index in [0.717, 1.165) is 19.3 Å². The zero-order valence-electron chi connectivity index (χ0n) is 8.13. The van der Waals surface area contributed by atoms with Crippen molar-refractivity contribution in [1.82, 2.24) is 5.32 Å². The molecular weight excluding hydrogens is 154 g/mol. The lowest BCUT2D eigenvalue weighted by atomic mass is 10.2. The van der Waals surface area contributed by atoms with Crippen molar-refractivity contribution in [2.24, 2.45) is 0 Å². The van der Waals surface area contributed by atoms with Crippen LogP contribution in [-0.2, 0) is 4.79 Å². The predicted molar refractivity (Wildman–Crippen MR) is 48.8 cm³/mol. The van der Waals surface area contributed by atoms with Crippen LogP contribution in [0.2, 0.25) is 0 Å². The molecule has 2 N–H and O–H groups in total. The Morgan fingerprint density at radius 1 is 1.42 bits per heavy atom. The van der Waals surface area contributed by atoms with Gasteiger partial charge in [-0.1, -0.05) is 13.8 Å². The molecule has 72 valence electrons. The molecule has 3 heteroatoms. The average molecular weight is 173 g/mol. The van der Waals surface area contributed by atoms with E-state index in [2.05, 4.69) is 5.32 Å². The second-order valence-electron chi connectivity index (χ2n) is 2.86. The summed E-state index contributed by atoms with van der Waals surface area (Å²) in [6, 6.07) is 0.215. The van der Waals surface area contributed by atoms with Gasteiger partial charge in [0.1, 0.15) is 0 Å². The highest BCUT2D eigenvalue weighted by atomic mass is 16.3. The lowest BCUT2D eigenvalue weighted by Crippen LogP contribution is -2.30. The highest BCUT2D eigenvalue weighted by Gasteiger charge is 2.22. The molecule has 3 nitrogen and oxygen atoms in total. The van der Waals surface area contributed by atoms with Gasteiger partial charge in [-0.25, -0.2) is 0 Å². The van der Waals surface area contributed by atoms with Gasteiger partial charge in [0.05, 0.1) is 6.10 Å². The first kappa shape index (κ1) is 11.4. The van der Waals surface area contributed by atoms with Crippen LogP contribution in [0, 0.1) is 0 Å². The van der Waals surface area contributed by atoms with Gasteiger partial charge in [-0.15, -0.1) is 0 Å². The molecule has 2 unspecified atom stereocenters. The SMILES string of the molecule is CC.CC(=O)NC1CCC(O)C1. The third-order valence-electron chi connectivity index (χ3n) is 1.81. The fourth-order valence-electron chi connectivity index (χ4n) is 1.38. The molecule has 0 aromatic rings. The maximum Gasteiger partial charge on any atom is 0.217 e. The van der Waals surface area contributed by atoms with E-state index < -0.39 is 0 Å². The summed E-state index contributed by atoms with van der Waals surface area (Å²) in [6.45, 7) is 5.50. The molecule has 1 aliphatic rings. The van der Waals surface area contributed by atoms with Gasteiger partial charge in [-0.05, 0) is 19.3 Å². The van der Waals surface area contributed by atoms with Gasteiger partial charge < -0.3 is 10.4 Å². The minimum Gasteiger partial charge on any atom is -0.393 e. The smallest absolute Gasteiger partial charge is 0.217 e. The second-order valence-corrected chi connectivity index (χ2v) is 2.86. The van der Waals surface area contributed by atoms with Crippen LogP contribution in [-0.4, -0.2) is 23.2 Å². The Bertz CT molecular complexity index is 136. The topological polar surface area (TPSA) is 49.3 Å². The first-order valence-corrected chi connectivity index (χ1v) is 4.63. The normalized spacial score (nSPS) is 27.3. The summed E-state index contributed by atoms with van der Waals surface area (Å²) in [7, 11) is 0. The molecule has 0 aromatic heterocycles. The van der Waals surface area contributed by atoms with E-state index in [1.165, 1.54) is 6.92 Å². The molecule has 0 heterocycles. The van der Waals surface area contributed by atoms with Crippen molar-refractivity contribution in [3.8, 4) is 0 Å². The minimum atomic E-state index is -0.197. The zero-order valence-corrected chi connectivity index (χ0v) is 8.13. The molecule has 0 spiro atoms. The third-order valence-corrected chi connectivity index (χ3v) is 1.81. The number of nitrogens with one attached hydrogen (secondary N) is 1. The van der Waals surface area contributed by atoms with Crippen molar-refractivity contribution < 1.29 is 9.90 Å². The first-order valence-electron chi connectivity index (χ1n) is 4.63. The molecule has 0 radical (unpaired) electrons. The molecule has 1 aliphatic carbocycles. The van der Waals surface area contributed by atoms with Crippen molar-refractivity contribution in [1.29, 1.82) is 0 Å². The number of aliphatic hydroxyl groups is 1. The average Bonchev–Trinajstić information content (AvgIpc) is 2.39. The van der Waals surface area contributed by atoms with Gasteiger partial charge in [0.15, 0.2) is 0 Å². The summed E-state index contributed by atoms with van der Waals surface area (Å²) in [5.41, 5.74) is 0. The van der Waals surface area contributed by atoms with Crippen LogP contribution in [0.25, 0.3) is 0 Å². The maximum absolute atomic E-state index is 10.5. The van der Waals surface area contributed by atoms with Crippen LogP contribution in [0.4, 0.5) is 0 Å². The zero-order chi connectivity index (χ0) is 9.56. The molecule has 2 atom stereocenters. The lowest BCUT2D eigenvalue weighted by Gasteiger charge is -2.08. The highest BCUT2D eigenvalue weighted by molar-refractivity contribution is 5.73. The molecule has 0 aromatic carbocycles. The monoisotopic (exact) mass is 173 g/mol. The summed E-state index contributed by atoms with van der Waals surface area (Å²) in [6.07, 6.45) is 2.27. The standard InChI is InChI=1S/C7H13NO2.C2H6/c1-5(9)8-6-2-3-7(10)4-6;1-2/h6-7,10H,2-4H2,1H3,(H,8,9);1-2H3. The van der Waals surface area contributed by atoms with Crippen LogP contribution in [0.15, 0.2) is 0 Å². The van der Waals surface area contributed by atoms with E-state index >= 15 is 0 Å². The highest BCUT2D eigenvalue weighted by Crippen LogP contribution is 2.18. The Labute approximate surface area is 74.2 Å². The van der Waals surface area contributed by atoms with E-state index in [1.54, 1.807) is 0 Å². The molecule has 1 saturated carbocycles. The Morgan fingerprint density at radius 3 is 2.33 bits per heavy atom. The predicted octanol–water partition coefficient (Wildman–Crippen LogP) is 1.06. The fourth-order valence-corrected chi connectivity index (χ4v) is 1.38. The van der Waals surface area contributed by atoms with Gasteiger partial charge in [0.2, 0.25) is 5.91 Å². The van der Waals surface area contributed by atoms with Gasteiger partial charge in [0.25, 0.3) is 0 Å².